The number of carbonyl (C=O) groups is 1. The van der Waals surface area contributed by atoms with Gasteiger partial charge in [0.25, 0.3) is 5.56 Å². The topological polar surface area (TPSA) is 79.8 Å². The van der Waals surface area contributed by atoms with Gasteiger partial charge in [0.2, 0.25) is 5.91 Å². The minimum Gasteiger partial charge on any atom is -0.349 e. The van der Waals surface area contributed by atoms with Crippen LogP contribution in [0.15, 0.2) is 58.5 Å². The summed E-state index contributed by atoms with van der Waals surface area (Å²) in [5.41, 5.74) is 3.97. The standard InChI is InChI=1S/C24H26N4O2S/c1-3-5-8-16-11-13-17(14-12-16)25-20(29)15-31-24-27-21-18-9-6-7-10-19(18)26-22(21)23(30)28(24)4-2/h6-7,9-14,26H,3-5,8,15H2,1-2H3,(H,25,29). The Kier molecular flexibility index (Phi) is 6.42. The van der Waals surface area contributed by atoms with Gasteiger partial charge >= 0.3 is 0 Å². The van der Waals surface area contributed by atoms with E-state index < -0.39 is 0 Å². The Hall–Kier alpha value is -3.06. The Bertz CT molecular complexity index is 1270. The van der Waals surface area contributed by atoms with E-state index in [1.807, 2.05) is 43.3 Å². The lowest BCUT2D eigenvalue weighted by Gasteiger charge is -2.10. The average molecular weight is 435 g/mol. The highest BCUT2D eigenvalue weighted by molar-refractivity contribution is 7.99. The molecule has 7 heteroatoms. The normalized spacial score (nSPS) is 11.3. The summed E-state index contributed by atoms with van der Waals surface area (Å²) in [7, 11) is 0. The van der Waals surface area contributed by atoms with Crippen molar-refractivity contribution in [3.8, 4) is 0 Å². The first-order valence-electron chi connectivity index (χ1n) is 10.6. The summed E-state index contributed by atoms with van der Waals surface area (Å²) in [6.07, 6.45) is 3.38. The molecule has 2 N–H and O–H groups in total. The molecule has 1 amide bonds. The van der Waals surface area contributed by atoms with E-state index in [4.69, 9.17) is 4.98 Å². The second kappa shape index (κ2) is 9.39. The van der Waals surface area contributed by atoms with Gasteiger partial charge < -0.3 is 10.3 Å². The quantitative estimate of drug-likeness (QED) is 0.303. The smallest absolute Gasteiger partial charge is 0.278 e. The van der Waals surface area contributed by atoms with E-state index in [2.05, 4.69) is 29.4 Å². The molecule has 0 atom stereocenters. The molecule has 0 aliphatic rings. The lowest BCUT2D eigenvalue weighted by Crippen LogP contribution is -2.23. The summed E-state index contributed by atoms with van der Waals surface area (Å²) in [5, 5.41) is 4.39. The SMILES string of the molecule is CCCCc1ccc(NC(=O)CSc2nc3c([nH]c4ccccc43)c(=O)n2CC)cc1. The summed E-state index contributed by atoms with van der Waals surface area (Å²) in [5.74, 6) is 0.0555. The number of H-pyrrole nitrogens is 1. The van der Waals surface area contributed by atoms with Crippen molar-refractivity contribution in [1.82, 2.24) is 14.5 Å². The number of carbonyl (C=O) groups excluding carboxylic acids is 1. The van der Waals surface area contributed by atoms with Crippen LogP contribution in [0.25, 0.3) is 21.9 Å². The average Bonchev–Trinajstić information content (AvgIpc) is 3.16. The highest BCUT2D eigenvalue weighted by Gasteiger charge is 2.16. The Labute approximate surface area is 185 Å². The van der Waals surface area contributed by atoms with Crippen LogP contribution >= 0.6 is 11.8 Å². The van der Waals surface area contributed by atoms with E-state index in [1.165, 1.54) is 17.3 Å². The molecule has 0 unspecified atom stereocenters. The molecule has 6 nitrogen and oxygen atoms in total. The highest BCUT2D eigenvalue weighted by Crippen LogP contribution is 2.24. The van der Waals surface area contributed by atoms with E-state index in [9.17, 15) is 9.59 Å². The van der Waals surface area contributed by atoms with E-state index in [-0.39, 0.29) is 17.2 Å². The van der Waals surface area contributed by atoms with Gasteiger partial charge in [0.05, 0.1) is 5.75 Å². The highest BCUT2D eigenvalue weighted by atomic mass is 32.2. The fourth-order valence-corrected chi connectivity index (χ4v) is 4.48. The van der Waals surface area contributed by atoms with Crippen molar-refractivity contribution in [3.63, 3.8) is 0 Å². The van der Waals surface area contributed by atoms with Crippen LogP contribution in [0.4, 0.5) is 5.69 Å². The minimum atomic E-state index is -0.123. The molecule has 160 valence electrons. The maximum absolute atomic E-state index is 13.0. The minimum absolute atomic E-state index is 0.116. The number of aryl methyl sites for hydroxylation is 1. The first-order valence-corrected chi connectivity index (χ1v) is 11.6. The lowest BCUT2D eigenvalue weighted by atomic mass is 10.1. The molecule has 0 fully saturated rings. The molecule has 4 aromatic rings. The molecule has 0 aliphatic heterocycles. The van der Waals surface area contributed by atoms with E-state index in [0.717, 1.165) is 35.9 Å². The molecule has 0 saturated carbocycles. The molecule has 31 heavy (non-hydrogen) atoms. The van der Waals surface area contributed by atoms with Crippen LogP contribution in [0, 0.1) is 0 Å². The third-order valence-electron chi connectivity index (χ3n) is 5.28. The predicted octanol–water partition coefficient (Wildman–Crippen LogP) is 4.97. The van der Waals surface area contributed by atoms with Crippen molar-refractivity contribution in [1.29, 1.82) is 0 Å². The molecular formula is C24H26N4O2S. The van der Waals surface area contributed by atoms with Crippen LogP contribution in [0.2, 0.25) is 0 Å². The van der Waals surface area contributed by atoms with Crippen LogP contribution in [0.5, 0.6) is 0 Å². The number of unbranched alkanes of at least 4 members (excludes halogenated alkanes) is 1. The van der Waals surface area contributed by atoms with Gasteiger partial charge in [-0.2, -0.15) is 0 Å². The maximum Gasteiger partial charge on any atom is 0.278 e. The monoisotopic (exact) mass is 434 g/mol. The number of hydrogen-bond acceptors (Lipinski definition) is 4. The van der Waals surface area contributed by atoms with Gasteiger partial charge in [-0.3, -0.25) is 14.2 Å². The number of amides is 1. The number of anilines is 1. The molecular weight excluding hydrogens is 408 g/mol. The number of fused-ring (bicyclic) bond motifs is 3. The molecule has 2 heterocycles. The number of benzene rings is 2. The Morgan fingerprint density at radius 3 is 2.65 bits per heavy atom. The number of hydrogen-bond donors (Lipinski definition) is 2. The Morgan fingerprint density at radius 2 is 1.90 bits per heavy atom. The van der Waals surface area contributed by atoms with E-state index in [0.29, 0.717) is 22.7 Å². The van der Waals surface area contributed by atoms with Crippen LogP contribution in [0.3, 0.4) is 0 Å². The zero-order chi connectivity index (χ0) is 21.8. The fourth-order valence-electron chi connectivity index (χ4n) is 3.63. The molecule has 2 aromatic heterocycles. The Balaban J connectivity index is 1.51. The molecule has 0 bridgehead atoms. The number of thioether (sulfide) groups is 1. The summed E-state index contributed by atoms with van der Waals surface area (Å²) in [4.78, 5) is 33.4. The predicted molar refractivity (Wildman–Crippen MR) is 128 cm³/mol. The number of nitrogens with one attached hydrogen (secondary N) is 2. The van der Waals surface area contributed by atoms with Gasteiger partial charge in [-0.15, -0.1) is 0 Å². The summed E-state index contributed by atoms with van der Waals surface area (Å²) in [6.45, 7) is 4.57. The first kappa shape index (κ1) is 21.2. The summed E-state index contributed by atoms with van der Waals surface area (Å²) in [6, 6.07) is 15.7. The van der Waals surface area contributed by atoms with Crippen LogP contribution in [-0.4, -0.2) is 26.2 Å². The van der Waals surface area contributed by atoms with Gasteiger partial charge in [-0.1, -0.05) is 55.4 Å². The number of aromatic amines is 1. The molecule has 4 rings (SSSR count). The number of nitrogens with zero attached hydrogens (tertiary/aromatic N) is 2. The van der Waals surface area contributed by atoms with E-state index in [1.54, 1.807) is 4.57 Å². The first-order chi connectivity index (χ1) is 15.1. The van der Waals surface area contributed by atoms with Crippen molar-refractivity contribution >= 4 is 45.3 Å². The molecule has 2 aromatic carbocycles. The van der Waals surface area contributed by atoms with Gasteiger partial charge in [-0.25, -0.2) is 4.98 Å². The van der Waals surface area contributed by atoms with Crippen molar-refractivity contribution in [2.45, 2.75) is 44.8 Å². The van der Waals surface area contributed by atoms with Gasteiger partial charge in [0, 0.05) is 23.1 Å². The molecule has 0 saturated heterocycles. The summed E-state index contributed by atoms with van der Waals surface area (Å²) < 4.78 is 1.61. The molecule has 0 radical (unpaired) electrons. The zero-order valence-corrected chi connectivity index (χ0v) is 18.6. The van der Waals surface area contributed by atoms with Crippen LogP contribution < -0.4 is 10.9 Å². The van der Waals surface area contributed by atoms with Gasteiger partial charge in [0.15, 0.2) is 5.16 Å². The number of para-hydroxylation sites is 1. The van der Waals surface area contributed by atoms with Gasteiger partial charge in [-0.05, 0) is 43.5 Å². The van der Waals surface area contributed by atoms with Crippen molar-refractivity contribution in [3.05, 3.63) is 64.4 Å². The lowest BCUT2D eigenvalue weighted by molar-refractivity contribution is -0.113. The summed E-state index contributed by atoms with van der Waals surface area (Å²) >= 11 is 1.28. The third kappa shape index (κ3) is 4.51. The Morgan fingerprint density at radius 1 is 1.13 bits per heavy atom. The fraction of sp³-hybridized carbons (Fsp3) is 0.292. The number of rotatable bonds is 8. The third-order valence-corrected chi connectivity index (χ3v) is 6.26. The van der Waals surface area contributed by atoms with Crippen LogP contribution in [-0.2, 0) is 17.8 Å². The van der Waals surface area contributed by atoms with Crippen LogP contribution in [0.1, 0.15) is 32.3 Å². The maximum atomic E-state index is 13.0. The molecule has 0 aliphatic carbocycles. The zero-order valence-electron chi connectivity index (χ0n) is 17.8. The van der Waals surface area contributed by atoms with Crippen molar-refractivity contribution in [2.75, 3.05) is 11.1 Å². The largest absolute Gasteiger partial charge is 0.349 e. The number of aromatic nitrogens is 3. The van der Waals surface area contributed by atoms with Crippen molar-refractivity contribution in [2.24, 2.45) is 0 Å². The van der Waals surface area contributed by atoms with E-state index >= 15 is 0 Å². The van der Waals surface area contributed by atoms with Gasteiger partial charge in [0.1, 0.15) is 11.0 Å². The second-order valence-electron chi connectivity index (χ2n) is 7.48. The molecule has 0 spiro atoms. The second-order valence-corrected chi connectivity index (χ2v) is 8.42. The van der Waals surface area contributed by atoms with Crippen molar-refractivity contribution < 1.29 is 4.79 Å².